The Morgan fingerprint density at radius 1 is 1.44 bits per heavy atom. The van der Waals surface area contributed by atoms with Gasteiger partial charge in [0.15, 0.2) is 0 Å². The molecule has 0 radical (unpaired) electrons. The number of ether oxygens (including phenoxy) is 1. The van der Waals surface area contributed by atoms with Crippen LogP contribution in [0.1, 0.15) is 27.2 Å². The van der Waals surface area contributed by atoms with E-state index in [4.69, 9.17) is 10.5 Å². The van der Waals surface area contributed by atoms with E-state index in [0.717, 1.165) is 13.0 Å². The Morgan fingerprint density at radius 2 is 2.00 bits per heavy atom. The van der Waals surface area contributed by atoms with Gasteiger partial charge in [-0.3, -0.25) is 0 Å². The van der Waals surface area contributed by atoms with E-state index in [2.05, 4.69) is 20.8 Å². The van der Waals surface area contributed by atoms with Gasteiger partial charge in [0.2, 0.25) is 0 Å². The van der Waals surface area contributed by atoms with E-state index >= 15 is 0 Å². The molecule has 0 aliphatic rings. The first-order chi connectivity index (χ1) is 4.12. The van der Waals surface area contributed by atoms with Crippen molar-refractivity contribution in [1.82, 2.24) is 0 Å². The van der Waals surface area contributed by atoms with Gasteiger partial charge >= 0.3 is 0 Å². The van der Waals surface area contributed by atoms with Crippen LogP contribution in [0, 0.1) is 5.41 Å². The monoisotopic (exact) mass is 131 g/mol. The zero-order chi connectivity index (χ0) is 7.33. The fourth-order valence-corrected chi connectivity index (χ4v) is 0.437. The summed E-state index contributed by atoms with van der Waals surface area (Å²) in [6.45, 7) is 7.59. The molecular formula is C7H17NO. The summed E-state index contributed by atoms with van der Waals surface area (Å²) in [5.41, 5.74) is 5.46. The molecule has 0 heterocycles. The van der Waals surface area contributed by atoms with Crippen molar-refractivity contribution in [3.8, 4) is 0 Å². The van der Waals surface area contributed by atoms with Crippen molar-refractivity contribution in [1.29, 1.82) is 0 Å². The van der Waals surface area contributed by atoms with Crippen LogP contribution in [0.3, 0.4) is 0 Å². The van der Waals surface area contributed by atoms with Crippen LogP contribution in [0.4, 0.5) is 0 Å². The quantitative estimate of drug-likeness (QED) is 0.584. The summed E-state index contributed by atoms with van der Waals surface area (Å²) in [7, 11) is 0. The number of nitrogens with two attached hydrogens (primary N) is 1. The number of rotatable bonds is 4. The second-order valence-corrected chi connectivity index (χ2v) is 3.03. The second-order valence-electron chi connectivity index (χ2n) is 3.03. The van der Waals surface area contributed by atoms with Gasteiger partial charge in [0.1, 0.15) is 0 Å². The molecule has 0 unspecified atom stereocenters. The summed E-state index contributed by atoms with van der Waals surface area (Å²) >= 11 is 0. The predicted molar refractivity (Wildman–Crippen MR) is 39.1 cm³/mol. The molecule has 0 aromatic rings. The zero-order valence-electron chi connectivity index (χ0n) is 6.61. The van der Waals surface area contributed by atoms with Crippen LogP contribution in [0.15, 0.2) is 0 Å². The fourth-order valence-electron chi connectivity index (χ4n) is 0.437. The molecule has 0 aromatic heterocycles. The normalized spacial score (nSPS) is 12.0. The van der Waals surface area contributed by atoms with Crippen molar-refractivity contribution < 1.29 is 4.74 Å². The van der Waals surface area contributed by atoms with Crippen LogP contribution in [-0.4, -0.2) is 13.3 Å². The SMILES string of the molecule is CCC(C)(C)COCN. The summed E-state index contributed by atoms with van der Waals surface area (Å²) in [6.07, 6.45) is 1.13. The van der Waals surface area contributed by atoms with E-state index in [1.807, 2.05) is 0 Å². The summed E-state index contributed by atoms with van der Waals surface area (Å²) in [5, 5.41) is 0. The maximum Gasteiger partial charge on any atom is 0.0940 e. The molecule has 0 aromatic carbocycles. The van der Waals surface area contributed by atoms with Gasteiger partial charge < -0.3 is 10.5 Å². The molecule has 0 fully saturated rings. The Hall–Kier alpha value is -0.0800. The zero-order valence-corrected chi connectivity index (χ0v) is 6.61. The van der Waals surface area contributed by atoms with Crippen LogP contribution in [0.2, 0.25) is 0 Å². The Labute approximate surface area is 57.4 Å². The summed E-state index contributed by atoms with van der Waals surface area (Å²) in [5.74, 6) is 0. The molecule has 56 valence electrons. The van der Waals surface area contributed by atoms with Gasteiger partial charge in [-0.15, -0.1) is 0 Å². The van der Waals surface area contributed by atoms with Gasteiger partial charge in [-0.25, -0.2) is 0 Å². The van der Waals surface area contributed by atoms with Gasteiger partial charge in [0.05, 0.1) is 13.3 Å². The summed E-state index contributed by atoms with van der Waals surface area (Å²) in [6, 6.07) is 0. The van der Waals surface area contributed by atoms with Crippen LogP contribution in [-0.2, 0) is 4.74 Å². The molecule has 2 N–H and O–H groups in total. The molecule has 0 spiro atoms. The first-order valence-corrected chi connectivity index (χ1v) is 3.40. The molecular weight excluding hydrogens is 114 g/mol. The van der Waals surface area contributed by atoms with Crippen molar-refractivity contribution in [3.63, 3.8) is 0 Å². The van der Waals surface area contributed by atoms with Crippen LogP contribution < -0.4 is 5.73 Å². The van der Waals surface area contributed by atoms with E-state index in [9.17, 15) is 0 Å². The highest BCUT2D eigenvalue weighted by Gasteiger charge is 2.13. The second kappa shape index (κ2) is 3.85. The van der Waals surface area contributed by atoms with Crippen LogP contribution in [0.25, 0.3) is 0 Å². The maximum atomic E-state index is 5.17. The van der Waals surface area contributed by atoms with Gasteiger partial charge in [-0.05, 0) is 11.8 Å². The van der Waals surface area contributed by atoms with Gasteiger partial charge in [-0.2, -0.15) is 0 Å². The molecule has 9 heavy (non-hydrogen) atoms. The van der Waals surface area contributed by atoms with Crippen molar-refractivity contribution in [2.45, 2.75) is 27.2 Å². The number of hydrogen-bond donors (Lipinski definition) is 1. The number of hydrogen-bond acceptors (Lipinski definition) is 2. The minimum absolute atomic E-state index is 0.291. The lowest BCUT2D eigenvalue weighted by Crippen LogP contribution is -2.20. The van der Waals surface area contributed by atoms with Gasteiger partial charge in [0, 0.05) is 0 Å². The minimum Gasteiger partial charge on any atom is -0.366 e. The Bertz CT molecular complexity index is 71.3. The fraction of sp³-hybridized carbons (Fsp3) is 1.00. The topological polar surface area (TPSA) is 35.2 Å². The lowest BCUT2D eigenvalue weighted by atomic mass is 9.92. The van der Waals surface area contributed by atoms with Crippen LogP contribution in [0.5, 0.6) is 0 Å². The van der Waals surface area contributed by atoms with Crippen molar-refractivity contribution in [3.05, 3.63) is 0 Å². The molecule has 2 heteroatoms. The van der Waals surface area contributed by atoms with Crippen LogP contribution >= 0.6 is 0 Å². The molecule has 0 atom stereocenters. The molecule has 0 amide bonds. The third kappa shape index (κ3) is 4.43. The van der Waals surface area contributed by atoms with E-state index in [1.54, 1.807) is 0 Å². The Kier molecular flexibility index (Phi) is 3.82. The highest BCUT2D eigenvalue weighted by Crippen LogP contribution is 2.18. The first kappa shape index (κ1) is 8.92. The van der Waals surface area contributed by atoms with E-state index in [0.29, 0.717) is 12.1 Å². The molecule has 0 bridgehead atoms. The highest BCUT2D eigenvalue weighted by molar-refractivity contribution is 4.63. The molecule has 0 rings (SSSR count). The van der Waals surface area contributed by atoms with E-state index < -0.39 is 0 Å². The molecule has 2 nitrogen and oxygen atoms in total. The summed E-state index contributed by atoms with van der Waals surface area (Å²) in [4.78, 5) is 0. The largest absolute Gasteiger partial charge is 0.366 e. The van der Waals surface area contributed by atoms with Gasteiger partial charge in [0.25, 0.3) is 0 Å². The molecule has 0 saturated carbocycles. The third-order valence-corrected chi connectivity index (χ3v) is 1.57. The molecule has 0 aliphatic heterocycles. The molecule has 0 saturated heterocycles. The van der Waals surface area contributed by atoms with E-state index in [1.165, 1.54) is 0 Å². The predicted octanol–water partition coefficient (Wildman–Crippen LogP) is 1.36. The Morgan fingerprint density at radius 3 is 2.33 bits per heavy atom. The summed E-state index contributed by atoms with van der Waals surface area (Å²) < 4.78 is 5.07. The third-order valence-electron chi connectivity index (χ3n) is 1.57. The lowest BCUT2D eigenvalue weighted by molar-refractivity contribution is 0.0645. The average molecular weight is 131 g/mol. The average Bonchev–Trinajstić information content (AvgIpc) is 1.84. The van der Waals surface area contributed by atoms with E-state index in [-0.39, 0.29) is 0 Å². The lowest BCUT2D eigenvalue weighted by Gasteiger charge is -2.21. The smallest absolute Gasteiger partial charge is 0.0940 e. The van der Waals surface area contributed by atoms with Gasteiger partial charge in [-0.1, -0.05) is 20.8 Å². The van der Waals surface area contributed by atoms with Crippen molar-refractivity contribution in [2.75, 3.05) is 13.3 Å². The first-order valence-electron chi connectivity index (χ1n) is 3.40. The standard InChI is InChI=1S/C7H17NO/c1-4-7(2,3)5-9-6-8/h4-6,8H2,1-3H3. The van der Waals surface area contributed by atoms with Crippen molar-refractivity contribution in [2.24, 2.45) is 11.1 Å². The maximum absolute atomic E-state index is 5.17. The minimum atomic E-state index is 0.291. The Balaban J connectivity index is 3.33. The van der Waals surface area contributed by atoms with Crippen molar-refractivity contribution >= 4 is 0 Å². The molecule has 0 aliphatic carbocycles. The highest BCUT2D eigenvalue weighted by atomic mass is 16.5.